The van der Waals surface area contributed by atoms with E-state index >= 15 is 0 Å². The highest BCUT2D eigenvalue weighted by molar-refractivity contribution is 7.46. The number of hydrogen-bond acceptors (Lipinski definition) is 2. The van der Waals surface area contributed by atoms with Gasteiger partial charge in [-0.2, -0.15) is 0 Å². The lowest BCUT2D eigenvalue weighted by Crippen LogP contribution is -1.99. The molecule has 0 aromatic heterocycles. The highest BCUT2D eigenvalue weighted by atomic mass is 31.2. The SMILES string of the molecule is Cc1ccc(-c2cc(C)c(OP(=O)(O)O)c(C)c2-c2ccc(C)cc2)cc1. The van der Waals surface area contributed by atoms with Crippen LogP contribution < -0.4 is 4.52 Å². The van der Waals surface area contributed by atoms with Crippen molar-refractivity contribution in [2.75, 3.05) is 0 Å². The van der Waals surface area contributed by atoms with Gasteiger partial charge in [0.05, 0.1) is 0 Å². The minimum absolute atomic E-state index is 0.231. The highest BCUT2D eigenvalue weighted by Gasteiger charge is 2.23. The lowest BCUT2D eigenvalue weighted by atomic mass is 9.88. The Bertz CT molecular complexity index is 1020. The van der Waals surface area contributed by atoms with Gasteiger partial charge < -0.3 is 4.52 Å². The summed E-state index contributed by atoms with van der Waals surface area (Å²) in [4.78, 5) is 18.6. The quantitative estimate of drug-likeness (QED) is 0.566. The van der Waals surface area contributed by atoms with Crippen molar-refractivity contribution < 1.29 is 18.9 Å². The van der Waals surface area contributed by atoms with E-state index in [4.69, 9.17) is 4.52 Å². The Morgan fingerprint density at radius 3 is 1.74 bits per heavy atom. The maximum atomic E-state index is 11.5. The van der Waals surface area contributed by atoms with Crippen molar-refractivity contribution in [1.82, 2.24) is 0 Å². The van der Waals surface area contributed by atoms with E-state index in [1.54, 1.807) is 6.92 Å². The number of rotatable bonds is 4. The maximum Gasteiger partial charge on any atom is 0.524 e. The van der Waals surface area contributed by atoms with Crippen molar-refractivity contribution in [1.29, 1.82) is 0 Å². The Morgan fingerprint density at radius 1 is 0.778 bits per heavy atom. The summed E-state index contributed by atoms with van der Waals surface area (Å²) in [5, 5.41) is 0. The number of phosphoric ester groups is 1. The molecule has 0 aliphatic carbocycles. The van der Waals surface area contributed by atoms with Crippen LogP contribution in [0, 0.1) is 27.7 Å². The molecule has 4 nitrogen and oxygen atoms in total. The van der Waals surface area contributed by atoms with Crippen LogP contribution in [-0.4, -0.2) is 9.79 Å². The molecule has 0 amide bonds. The monoisotopic (exact) mass is 382 g/mol. The third kappa shape index (κ3) is 4.30. The Hall–Kier alpha value is -2.39. The van der Waals surface area contributed by atoms with Gasteiger partial charge in [-0.1, -0.05) is 59.7 Å². The van der Waals surface area contributed by atoms with Crippen LogP contribution >= 0.6 is 7.82 Å². The minimum atomic E-state index is -4.65. The topological polar surface area (TPSA) is 66.8 Å². The summed E-state index contributed by atoms with van der Waals surface area (Å²) < 4.78 is 16.5. The van der Waals surface area contributed by atoms with Crippen LogP contribution in [0.15, 0.2) is 54.6 Å². The molecule has 0 unspecified atom stereocenters. The van der Waals surface area contributed by atoms with E-state index in [-0.39, 0.29) is 5.75 Å². The predicted molar refractivity (Wildman–Crippen MR) is 109 cm³/mol. The van der Waals surface area contributed by atoms with Gasteiger partial charge in [-0.3, -0.25) is 9.79 Å². The van der Waals surface area contributed by atoms with Crippen molar-refractivity contribution in [2.45, 2.75) is 27.7 Å². The molecule has 0 heterocycles. The van der Waals surface area contributed by atoms with Gasteiger partial charge in [0.25, 0.3) is 0 Å². The predicted octanol–water partition coefficient (Wildman–Crippen LogP) is 5.73. The molecule has 0 radical (unpaired) electrons. The van der Waals surface area contributed by atoms with Crippen LogP contribution in [0.4, 0.5) is 0 Å². The van der Waals surface area contributed by atoms with Gasteiger partial charge in [-0.15, -0.1) is 0 Å². The first-order valence-electron chi connectivity index (χ1n) is 8.69. The fourth-order valence-electron chi connectivity index (χ4n) is 3.28. The van der Waals surface area contributed by atoms with Crippen LogP contribution in [0.1, 0.15) is 22.3 Å². The number of hydrogen-bond donors (Lipinski definition) is 2. The van der Waals surface area contributed by atoms with Gasteiger partial charge >= 0.3 is 7.82 Å². The van der Waals surface area contributed by atoms with E-state index in [0.29, 0.717) is 11.1 Å². The van der Waals surface area contributed by atoms with E-state index in [2.05, 4.69) is 24.3 Å². The molecule has 0 saturated heterocycles. The fraction of sp³-hybridized carbons (Fsp3) is 0.182. The van der Waals surface area contributed by atoms with Gasteiger partial charge in [-0.05, 0) is 61.6 Å². The van der Waals surface area contributed by atoms with Gasteiger partial charge in [0, 0.05) is 5.56 Å². The Balaban J connectivity index is 2.30. The molecule has 3 rings (SSSR count). The Kier molecular flexibility index (Phi) is 5.25. The molecule has 3 aromatic carbocycles. The lowest BCUT2D eigenvalue weighted by Gasteiger charge is -2.20. The van der Waals surface area contributed by atoms with Gasteiger partial charge in [0.1, 0.15) is 5.75 Å². The zero-order valence-corrected chi connectivity index (χ0v) is 16.7. The normalized spacial score (nSPS) is 11.5. The smallest absolute Gasteiger partial charge is 0.404 e. The summed E-state index contributed by atoms with van der Waals surface area (Å²) in [5.74, 6) is 0.231. The molecule has 0 aliphatic rings. The zero-order valence-electron chi connectivity index (χ0n) is 15.9. The maximum absolute atomic E-state index is 11.5. The van der Waals surface area contributed by atoms with E-state index in [0.717, 1.165) is 27.8 Å². The average Bonchev–Trinajstić information content (AvgIpc) is 2.59. The van der Waals surface area contributed by atoms with Crippen LogP contribution in [0.3, 0.4) is 0 Å². The third-order valence-corrected chi connectivity index (χ3v) is 5.04. The first-order valence-corrected chi connectivity index (χ1v) is 10.2. The van der Waals surface area contributed by atoms with Gasteiger partial charge in [0.15, 0.2) is 0 Å². The molecule has 0 fully saturated rings. The molecule has 27 heavy (non-hydrogen) atoms. The Labute approximate surface area is 159 Å². The average molecular weight is 382 g/mol. The second-order valence-electron chi connectivity index (χ2n) is 6.88. The first-order chi connectivity index (χ1) is 12.7. The molecule has 3 aromatic rings. The van der Waals surface area contributed by atoms with Crippen molar-refractivity contribution in [3.63, 3.8) is 0 Å². The van der Waals surface area contributed by atoms with Gasteiger partial charge in [-0.25, -0.2) is 4.57 Å². The van der Waals surface area contributed by atoms with Crippen molar-refractivity contribution in [2.24, 2.45) is 0 Å². The fourth-order valence-corrected chi connectivity index (χ4v) is 3.80. The molecule has 0 spiro atoms. The Morgan fingerprint density at radius 2 is 1.26 bits per heavy atom. The van der Waals surface area contributed by atoms with E-state index in [9.17, 15) is 14.4 Å². The van der Waals surface area contributed by atoms with Crippen LogP contribution in [0.5, 0.6) is 5.75 Å². The zero-order chi connectivity index (χ0) is 19.8. The summed E-state index contributed by atoms with van der Waals surface area (Å²) in [6.07, 6.45) is 0. The van der Waals surface area contributed by atoms with E-state index in [1.165, 1.54) is 5.56 Å². The molecule has 5 heteroatoms. The molecule has 0 aliphatic heterocycles. The summed E-state index contributed by atoms with van der Waals surface area (Å²) in [5.41, 5.74) is 7.65. The third-order valence-electron chi connectivity index (χ3n) is 4.62. The molecular weight excluding hydrogens is 359 g/mol. The largest absolute Gasteiger partial charge is 0.524 e. The highest BCUT2D eigenvalue weighted by Crippen LogP contribution is 2.46. The summed E-state index contributed by atoms with van der Waals surface area (Å²) >= 11 is 0. The van der Waals surface area contributed by atoms with Gasteiger partial charge in [0.2, 0.25) is 0 Å². The first kappa shape index (κ1) is 19.4. The lowest BCUT2D eigenvalue weighted by molar-refractivity contribution is 0.282. The standard InChI is InChI=1S/C22H23O4P/c1-14-5-9-18(10-6-14)20-13-16(3)22(26-27(23,24)25)17(4)21(20)19-11-7-15(2)8-12-19/h5-13H,1-4H3,(H2,23,24,25). The molecule has 0 atom stereocenters. The summed E-state index contributed by atoms with van der Waals surface area (Å²) in [7, 11) is -4.65. The van der Waals surface area contributed by atoms with E-state index in [1.807, 2.05) is 51.1 Å². The van der Waals surface area contributed by atoms with E-state index < -0.39 is 7.82 Å². The molecule has 0 bridgehead atoms. The summed E-state index contributed by atoms with van der Waals surface area (Å²) in [6, 6.07) is 18.2. The molecule has 2 N–H and O–H groups in total. The summed E-state index contributed by atoms with van der Waals surface area (Å²) in [6.45, 7) is 7.70. The second kappa shape index (κ2) is 7.32. The molecular formula is C22H23O4P. The van der Waals surface area contributed by atoms with Crippen LogP contribution in [-0.2, 0) is 4.57 Å². The molecule has 140 valence electrons. The molecule has 0 saturated carbocycles. The van der Waals surface area contributed by atoms with Crippen molar-refractivity contribution in [3.05, 3.63) is 76.9 Å². The van der Waals surface area contributed by atoms with Crippen molar-refractivity contribution >= 4 is 7.82 Å². The van der Waals surface area contributed by atoms with Crippen LogP contribution in [0.25, 0.3) is 22.3 Å². The second-order valence-corrected chi connectivity index (χ2v) is 8.05. The minimum Gasteiger partial charge on any atom is -0.404 e. The number of aryl methyl sites for hydroxylation is 3. The van der Waals surface area contributed by atoms with Crippen molar-refractivity contribution in [3.8, 4) is 28.0 Å². The number of phosphoric acid groups is 1. The number of benzene rings is 3. The van der Waals surface area contributed by atoms with Crippen LogP contribution in [0.2, 0.25) is 0 Å².